The average Bonchev–Trinajstić information content (AvgIpc) is 2.90. The summed E-state index contributed by atoms with van der Waals surface area (Å²) in [5.74, 6) is -0.229. The maximum Gasteiger partial charge on any atom is 0.255 e. The quantitative estimate of drug-likeness (QED) is 0.757. The number of carbonyl (C=O) groups excluding carboxylic acids is 1. The third-order valence-corrected chi connectivity index (χ3v) is 5.06. The number of nitrogens with two attached hydrogens (primary N) is 1. The van der Waals surface area contributed by atoms with E-state index in [4.69, 9.17) is 10.5 Å². The molecule has 0 unspecified atom stereocenters. The molecule has 0 aliphatic carbocycles. The van der Waals surface area contributed by atoms with Gasteiger partial charge in [-0.05, 0) is 31.2 Å². The van der Waals surface area contributed by atoms with Gasteiger partial charge in [0.25, 0.3) is 5.91 Å². The zero-order valence-corrected chi connectivity index (χ0v) is 13.6. The highest BCUT2D eigenvalue weighted by molar-refractivity contribution is 7.89. The van der Waals surface area contributed by atoms with Crippen LogP contribution in [0.4, 0.5) is 0 Å². The van der Waals surface area contributed by atoms with Crippen molar-refractivity contribution in [2.45, 2.75) is 18.4 Å². The van der Waals surface area contributed by atoms with Crippen molar-refractivity contribution >= 4 is 15.9 Å². The molecule has 1 heterocycles. The molecule has 0 saturated carbocycles. The lowest BCUT2D eigenvalue weighted by molar-refractivity contribution is -0.119. The maximum absolute atomic E-state index is 12.5. The lowest BCUT2D eigenvalue weighted by Crippen LogP contribution is -2.26. The molecule has 0 radical (unpaired) electrons. The first-order valence-electron chi connectivity index (χ1n) is 6.77. The van der Waals surface area contributed by atoms with Crippen LogP contribution in [0, 0.1) is 6.92 Å². The van der Waals surface area contributed by atoms with E-state index in [1.54, 1.807) is 6.20 Å². The minimum atomic E-state index is -3.64. The predicted molar refractivity (Wildman–Crippen MR) is 83.1 cm³/mol. The van der Waals surface area contributed by atoms with Gasteiger partial charge in [0, 0.05) is 24.8 Å². The van der Waals surface area contributed by atoms with Gasteiger partial charge in [0.1, 0.15) is 5.75 Å². The maximum atomic E-state index is 12.5. The molecule has 23 heavy (non-hydrogen) atoms. The van der Waals surface area contributed by atoms with Crippen molar-refractivity contribution in [3.05, 3.63) is 41.7 Å². The lowest BCUT2D eigenvalue weighted by atomic mass is 10.3. The van der Waals surface area contributed by atoms with E-state index in [2.05, 4.69) is 10.2 Å². The van der Waals surface area contributed by atoms with E-state index >= 15 is 0 Å². The van der Waals surface area contributed by atoms with E-state index in [0.29, 0.717) is 5.75 Å². The van der Waals surface area contributed by atoms with Crippen molar-refractivity contribution in [3.63, 3.8) is 0 Å². The smallest absolute Gasteiger partial charge is 0.255 e. The molecular formula is C14H18N4O4S. The Balaban J connectivity index is 2.12. The average molecular weight is 338 g/mol. The molecule has 2 rings (SSSR count). The van der Waals surface area contributed by atoms with Crippen molar-refractivity contribution in [1.82, 2.24) is 14.5 Å². The number of rotatable bonds is 7. The highest BCUT2D eigenvalue weighted by Gasteiger charge is 2.21. The summed E-state index contributed by atoms with van der Waals surface area (Å²) < 4.78 is 31.4. The van der Waals surface area contributed by atoms with Gasteiger partial charge >= 0.3 is 0 Å². The number of nitrogens with zero attached hydrogens (tertiary/aromatic N) is 2. The van der Waals surface area contributed by atoms with Gasteiger partial charge in [-0.25, -0.2) is 8.42 Å². The second-order valence-corrected chi connectivity index (χ2v) is 7.05. The Morgan fingerprint density at radius 2 is 2.00 bits per heavy atom. The molecule has 0 atom stereocenters. The van der Waals surface area contributed by atoms with Crippen molar-refractivity contribution in [3.8, 4) is 5.75 Å². The Morgan fingerprint density at radius 3 is 2.52 bits per heavy atom. The Morgan fingerprint density at radius 1 is 1.35 bits per heavy atom. The largest absolute Gasteiger partial charge is 0.484 e. The number of aromatic nitrogens is 2. The summed E-state index contributed by atoms with van der Waals surface area (Å²) in [7, 11) is -2.14. The Kier molecular flexibility index (Phi) is 5.02. The van der Waals surface area contributed by atoms with Crippen molar-refractivity contribution in [1.29, 1.82) is 0 Å². The molecule has 8 nitrogen and oxygen atoms in total. The molecule has 0 saturated heterocycles. The summed E-state index contributed by atoms with van der Waals surface area (Å²) in [4.78, 5) is 10.8. The van der Waals surface area contributed by atoms with E-state index in [1.165, 1.54) is 35.6 Å². The molecule has 0 spiro atoms. The fourth-order valence-electron chi connectivity index (χ4n) is 1.90. The van der Waals surface area contributed by atoms with Gasteiger partial charge in [0.15, 0.2) is 6.61 Å². The SMILES string of the molecule is Cc1[nH]ncc1CN(C)S(=O)(=O)c1ccc(OCC(N)=O)cc1. The molecule has 1 aromatic carbocycles. The molecule has 0 aliphatic rings. The van der Waals surface area contributed by atoms with Crippen LogP contribution in [0.25, 0.3) is 0 Å². The van der Waals surface area contributed by atoms with Crippen LogP contribution in [-0.2, 0) is 21.4 Å². The molecule has 1 aromatic heterocycles. The number of carbonyl (C=O) groups is 1. The van der Waals surface area contributed by atoms with Crippen LogP contribution >= 0.6 is 0 Å². The number of sulfonamides is 1. The summed E-state index contributed by atoms with van der Waals surface area (Å²) >= 11 is 0. The Labute approximate surface area is 134 Å². The number of primary amides is 1. The van der Waals surface area contributed by atoms with Gasteiger partial charge in [0.2, 0.25) is 10.0 Å². The van der Waals surface area contributed by atoms with E-state index in [1.807, 2.05) is 6.92 Å². The number of hydrogen-bond acceptors (Lipinski definition) is 5. The molecule has 0 fully saturated rings. The second kappa shape index (κ2) is 6.80. The number of nitrogens with one attached hydrogen (secondary N) is 1. The molecule has 3 N–H and O–H groups in total. The van der Waals surface area contributed by atoms with Gasteiger partial charge < -0.3 is 10.5 Å². The summed E-state index contributed by atoms with van der Waals surface area (Å²) in [6.07, 6.45) is 1.60. The molecule has 0 aliphatic heterocycles. The van der Waals surface area contributed by atoms with Crippen molar-refractivity contribution in [2.75, 3.05) is 13.7 Å². The Hall–Kier alpha value is -2.39. The van der Waals surface area contributed by atoms with Gasteiger partial charge in [-0.15, -0.1) is 0 Å². The van der Waals surface area contributed by atoms with Crippen LogP contribution in [0.3, 0.4) is 0 Å². The van der Waals surface area contributed by atoms with E-state index in [9.17, 15) is 13.2 Å². The van der Waals surface area contributed by atoms with Crippen LogP contribution in [0.2, 0.25) is 0 Å². The molecular weight excluding hydrogens is 320 g/mol. The number of amides is 1. The first kappa shape index (κ1) is 17.0. The first-order valence-corrected chi connectivity index (χ1v) is 8.21. The number of aryl methyl sites for hydroxylation is 1. The molecule has 9 heteroatoms. The van der Waals surface area contributed by atoms with Crippen LogP contribution in [0.5, 0.6) is 5.75 Å². The summed E-state index contributed by atoms with van der Waals surface area (Å²) in [5.41, 5.74) is 6.61. The summed E-state index contributed by atoms with van der Waals surface area (Å²) in [6, 6.07) is 5.80. The van der Waals surface area contributed by atoms with Gasteiger partial charge in [-0.2, -0.15) is 9.40 Å². The lowest BCUT2D eigenvalue weighted by Gasteiger charge is -2.17. The monoisotopic (exact) mass is 338 g/mol. The zero-order chi connectivity index (χ0) is 17.0. The molecule has 1 amide bonds. The topological polar surface area (TPSA) is 118 Å². The minimum absolute atomic E-state index is 0.132. The van der Waals surface area contributed by atoms with E-state index < -0.39 is 15.9 Å². The normalized spacial score (nSPS) is 11.6. The van der Waals surface area contributed by atoms with E-state index in [-0.39, 0.29) is 18.0 Å². The Bertz CT molecular complexity index is 783. The van der Waals surface area contributed by atoms with E-state index in [0.717, 1.165) is 11.3 Å². The van der Waals surface area contributed by atoms with Gasteiger partial charge in [-0.1, -0.05) is 0 Å². The fraction of sp³-hybridized carbons (Fsp3) is 0.286. The second-order valence-electron chi connectivity index (χ2n) is 5.01. The molecule has 124 valence electrons. The number of hydrogen-bond donors (Lipinski definition) is 2. The number of aromatic amines is 1. The minimum Gasteiger partial charge on any atom is -0.484 e. The van der Waals surface area contributed by atoms with Crippen molar-refractivity contribution in [2.24, 2.45) is 5.73 Å². The fourth-order valence-corrected chi connectivity index (χ4v) is 3.05. The molecule has 2 aromatic rings. The molecule has 0 bridgehead atoms. The third kappa shape index (κ3) is 4.08. The number of benzene rings is 1. The summed E-state index contributed by atoms with van der Waals surface area (Å²) in [6.45, 7) is 1.78. The zero-order valence-electron chi connectivity index (χ0n) is 12.8. The summed E-state index contributed by atoms with van der Waals surface area (Å²) in [5, 5.41) is 6.65. The van der Waals surface area contributed by atoms with Crippen LogP contribution in [-0.4, -0.2) is 42.5 Å². The third-order valence-electron chi connectivity index (χ3n) is 3.24. The van der Waals surface area contributed by atoms with Gasteiger partial charge in [0.05, 0.1) is 11.1 Å². The first-order chi connectivity index (χ1) is 10.8. The van der Waals surface area contributed by atoms with Crippen LogP contribution in [0.1, 0.15) is 11.3 Å². The number of H-pyrrole nitrogens is 1. The van der Waals surface area contributed by atoms with Crippen LogP contribution < -0.4 is 10.5 Å². The number of ether oxygens (including phenoxy) is 1. The standard InChI is InChI=1S/C14H18N4O4S/c1-10-11(7-16-17-10)8-18(2)23(20,21)13-5-3-12(4-6-13)22-9-14(15)19/h3-7H,8-9H2,1-2H3,(H2,15,19)(H,16,17). The highest BCUT2D eigenvalue weighted by Crippen LogP contribution is 2.20. The van der Waals surface area contributed by atoms with Crippen molar-refractivity contribution < 1.29 is 17.9 Å². The predicted octanol–water partition coefficient (Wildman–Crippen LogP) is 0.403. The van der Waals surface area contributed by atoms with Gasteiger partial charge in [-0.3, -0.25) is 9.89 Å². The van der Waals surface area contributed by atoms with Crippen LogP contribution in [0.15, 0.2) is 35.4 Å². The highest BCUT2D eigenvalue weighted by atomic mass is 32.2.